The van der Waals surface area contributed by atoms with Gasteiger partial charge in [-0.25, -0.2) is 0 Å². The lowest BCUT2D eigenvalue weighted by molar-refractivity contribution is -0.125. The molecule has 2 rings (SSSR count). The van der Waals surface area contributed by atoms with Crippen molar-refractivity contribution in [1.29, 1.82) is 0 Å². The van der Waals surface area contributed by atoms with Gasteiger partial charge >= 0.3 is 0 Å². The summed E-state index contributed by atoms with van der Waals surface area (Å²) in [5.74, 6) is 1.40. The van der Waals surface area contributed by atoms with Gasteiger partial charge in [-0.15, -0.1) is 11.8 Å². The molecule has 3 N–H and O–H groups in total. The molecule has 4 heteroatoms. The highest BCUT2D eigenvalue weighted by molar-refractivity contribution is 7.99. The molecule has 1 aliphatic rings. The van der Waals surface area contributed by atoms with Crippen LogP contribution >= 0.6 is 11.8 Å². The summed E-state index contributed by atoms with van der Waals surface area (Å²) in [5.41, 5.74) is 6.30. The Bertz CT molecular complexity index is 445. The molecule has 1 atom stereocenters. The van der Waals surface area contributed by atoms with Gasteiger partial charge in [-0.3, -0.25) is 4.79 Å². The summed E-state index contributed by atoms with van der Waals surface area (Å²) in [6, 6.07) is 8.54. The molecule has 1 heterocycles. The Morgan fingerprint density at radius 2 is 2.22 bits per heavy atom. The molecular weight excluding hydrogens is 244 g/mol. The van der Waals surface area contributed by atoms with Gasteiger partial charge in [0, 0.05) is 29.7 Å². The SMILES string of the molecule is CC(C)(CNCC1CSc2ccccc21)C(N)=O. The van der Waals surface area contributed by atoms with Crippen molar-refractivity contribution in [1.82, 2.24) is 5.32 Å². The fraction of sp³-hybridized carbons (Fsp3) is 0.500. The van der Waals surface area contributed by atoms with E-state index in [1.165, 1.54) is 10.5 Å². The smallest absolute Gasteiger partial charge is 0.224 e. The Kier molecular flexibility index (Phi) is 3.97. The number of amides is 1. The molecule has 1 amide bonds. The summed E-state index contributed by atoms with van der Waals surface area (Å²) in [5, 5.41) is 3.38. The highest BCUT2D eigenvalue weighted by Crippen LogP contribution is 2.38. The summed E-state index contributed by atoms with van der Waals surface area (Å²) >= 11 is 1.91. The highest BCUT2D eigenvalue weighted by Gasteiger charge is 2.26. The fourth-order valence-electron chi connectivity index (χ4n) is 2.04. The number of benzene rings is 1. The van der Waals surface area contributed by atoms with E-state index < -0.39 is 5.41 Å². The number of hydrogen-bond donors (Lipinski definition) is 2. The molecule has 0 fully saturated rings. The van der Waals surface area contributed by atoms with E-state index in [0.717, 1.165) is 12.3 Å². The minimum Gasteiger partial charge on any atom is -0.369 e. The van der Waals surface area contributed by atoms with Crippen molar-refractivity contribution in [3.63, 3.8) is 0 Å². The average molecular weight is 264 g/mol. The van der Waals surface area contributed by atoms with Crippen LogP contribution in [0.15, 0.2) is 29.2 Å². The molecule has 0 saturated heterocycles. The minimum absolute atomic E-state index is 0.254. The Balaban J connectivity index is 1.88. The van der Waals surface area contributed by atoms with Crippen LogP contribution in [0.1, 0.15) is 25.3 Å². The maximum atomic E-state index is 11.2. The maximum Gasteiger partial charge on any atom is 0.224 e. The number of carbonyl (C=O) groups is 1. The molecule has 0 aromatic heterocycles. The van der Waals surface area contributed by atoms with Gasteiger partial charge < -0.3 is 11.1 Å². The predicted molar refractivity (Wildman–Crippen MR) is 75.8 cm³/mol. The van der Waals surface area contributed by atoms with Crippen molar-refractivity contribution in [3.8, 4) is 0 Å². The number of nitrogens with one attached hydrogen (secondary N) is 1. The Labute approximate surface area is 113 Å². The lowest BCUT2D eigenvalue weighted by atomic mass is 9.92. The van der Waals surface area contributed by atoms with Gasteiger partial charge in [0.1, 0.15) is 0 Å². The van der Waals surface area contributed by atoms with E-state index >= 15 is 0 Å². The summed E-state index contributed by atoms with van der Waals surface area (Å²) in [6.45, 7) is 5.28. The van der Waals surface area contributed by atoms with Crippen LogP contribution in [0.4, 0.5) is 0 Å². The van der Waals surface area contributed by atoms with Crippen LogP contribution in [0.2, 0.25) is 0 Å². The quantitative estimate of drug-likeness (QED) is 0.855. The third-order valence-electron chi connectivity index (χ3n) is 3.42. The minimum atomic E-state index is -0.481. The number of thioether (sulfide) groups is 1. The predicted octanol–water partition coefficient (Wildman–Crippen LogP) is 1.98. The van der Waals surface area contributed by atoms with Gasteiger partial charge in [0.05, 0.1) is 5.41 Å². The van der Waals surface area contributed by atoms with Crippen molar-refractivity contribution < 1.29 is 4.79 Å². The van der Waals surface area contributed by atoms with Crippen LogP contribution in [0.3, 0.4) is 0 Å². The maximum absolute atomic E-state index is 11.2. The normalized spacial score (nSPS) is 18.7. The molecule has 0 spiro atoms. The summed E-state index contributed by atoms with van der Waals surface area (Å²) in [6.07, 6.45) is 0. The van der Waals surface area contributed by atoms with E-state index in [-0.39, 0.29) is 5.91 Å². The first-order chi connectivity index (χ1) is 8.50. The summed E-state index contributed by atoms with van der Waals surface area (Å²) in [7, 11) is 0. The first-order valence-electron chi connectivity index (χ1n) is 6.23. The standard InChI is InChI=1S/C14H20N2OS/c1-14(2,13(15)17)9-16-7-10-8-18-12-6-4-3-5-11(10)12/h3-6,10,16H,7-9H2,1-2H3,(H2,15,17). The third-order valence-corrected chi connectivity index (χ3v) is 4.68. The van der Waals surface area contributed by atoms with Gasteiger partial charge in [0.15, 0.2) is 0 Å². The molecule has 0 aliphatic carbocycles. The van der Waals surface area contributed by atoms with E-state index in [0.29, 0.717) is 12.5 Å². The van der Waals surface area contributed by atoms with E-state index in [2.05, 4.69) is 29.6 Å². The average Bonchev–Trinajstić information content (AvgIpc) is 2.72. The van der Waals surface area contributed by atoms with E-state index in [9.17, 15) is 4.79 Å². The zero-order chi connectivity index (χ0) is 13.2. The second-order valence-electron chi connectivity index (χ2n) is 5.42. The first-order valence-corrected chi connectivity index (χ1v) is 7.21. The molecule has 1 aromatic rings. The van der Waals surface area contributed by atoms with Gasteiger partial charge in [0.2, 0.25) is 5.91 Å². The molecule has 98 valence electrons. The Morgan fingerprint density at radius 3 is 2.94 bits per heavy atom. The van der Waals surface area contributed by atoms with E-state index in [1.807, 2.05) is 25.6 Å². The summed E-state index contributed by atoms with van der Waals surface area (Å²) in [4.78, 5) is 12.6. The molecule has 18 heavy (non-hydrogen) atoms. The number of carbonyl (C=O) groups excluding carboxylic acids is 1. The summed E-state index contributed by atoms with van der Waals surface area (Å²) < 4.78 is 0. The molecule has 1 unspecified atom stereocenters. The number of hydrogen-bond acceptors (Lipinski definition) is 3. The van der Waals surface area contributed by atoms with Crippen LogP contribution in [-0.4, -0.2) is 24.7 Å². The van der Waals surface area contributed by atoms with Crippen LogP contribution in [-0.2, 0) is 4.79 Å². The second kappa shape index (κ2) is 5.33. The largest absolute Gasteiger partial charge is 0.369 e. The molecule has 0 saturated carbocycles. The number of fused-ring (bicyclic) bond motifs is 1. The van der Waals surface area contributed by atoms with Crippen LogP contribution in [0.25, 0.3) is 0 Å². The van der Waals surface area contributed by atoms with Gasteiger partial charge in [-0.2, -0.15) is 0 Å². The highest BCUT2D eigenvalue weighted by atomic mass is 32.2. The molecule has 1 aromatic carbocycles. The molecule has 0 bridgehead atoms. The second-order valence-corrected chi connectivity index (χ2v) is 6.49. The molecular formula is C14H20N2OS. The number of rotatable bonds is 5. The van der Waals surface area contributed by atoms with Gasteiger partial charge in [0.25, 0.3) is 0 Å². The lowest BCUT2D eigenvalue weighted by Gasteiger charge is -2.22. The zero-order valence-electron chi connectivity index (χ0n) is 10.9. The van der Waals surface area contributed by atoms with Crippen molar-refractivity contribution >= 4 is 17.7 Å². The monoisotopic (exact) mass is 264 g/mol. The van der Waals surface area contributed by atoms with Crippen molar-refractivity contribution in [3.05, 3.63) is 29.8 Å². The Hall–Kier alpha value is -1.00. The van der Waals surface area contributed by atoms with E-state index in [1.54, 1.807) is 0 Å². The molecule has 3 nitrogen and oxygen atoms in total. The van der Waals surface area contributed by atoms with Crippen LogP contribution in [0, 0.1) is 5.41 Å². The fourth-order valence-corrected chi connectivity index (χ4v) is 3.30. The number of nitrogens with two attached hydrogens (primary N) is 1. The lowest BCUT2D eigenvalue weighted by Crippen LogP contribution is -2.41. The number of primary amides is 1. The Morgan fingerprint density at radius 1 is 1.50 bits per heavy atom. The van der Waals surface area contributed by atoms with Crippen LogP contribution in [0.5, 0.6) is 0 Å². The molecule has 1 aliphatic heterocycles. The molecule has 0 radical (unpaired) electrons. The van der Waals surface area contributed by atoms with Crippen molar-refractivity contribution in [2.24, 2.45) is 11.1 Å². The van der Waals surface area contributed by atoms with Gasteiger partial charge in [-0.05, 0) is 25.5 Å². The first kappa shape index (κ1) is 13.4. The van der Waals surface area contributed by atoms with Crippen LogP contribution < -0.4 is 11.1 Å². The van der Waals surface area contributed by atoms with Gasteiger partial charge in [-0.1, -0.05) is 18.2 Å². The van der Waals surface area contributed by atoms with E-state index in [4.69, 9.17) is 5.73 Å². The third kappa shape index (κ3) is 2.87. The van der Waals surface area contributed by atoms with Crippen molar-refractivity contribution in [2.45, 2.75) is 24.7 Å². The zero-order valence-corrected chi connectivity index (χ0v) is 11.7. The topological polar surface area (TPSA) is 55.1 Å². The van der Waals surface area contributed by atoms with Crippen molar-refractivity contribution in [2.75, 3.05) is 18.8 Å².